The predicted octanol–water partition coefficient (Wildman–Crippen LogP) is 0.963. The summed E-state index contributed by atoms with van der Waals surface area (Å²) in [4.78, 5) is 37.7. The zero-order valence-corrected chi connectivity index (χ0v) is 14.7. The van der Waals surface area contributed by atoms with Gasteiger partial charge in [0.2, 0.25) is 0 Å². The lowest BCUT2D eigenvalue weighted by Crippen LogP contribution is -2.38. The molecule has 134 valence electrons. The monoisotopic (exact) mass is 374 g/mol. The quantitative estimate of drug-likeness (QED) is 0.802. The van der Waals surface area contributed by atoms with Gasteiger partial charge in [0, 0.05) is 38.2 Å². The molecule has 26 heavy (non-hydrogen) atoms. The van der Waals surface area contributed by atoms with E-state index in [9.17, 15) is 14.4 Å². The topological polar surface area (TPSA) is 93.5 Å². The lowest BCUT2D eigenvalue weighted by atomic mass is 10.0. The summed E-state index contributed by atoms with van der Waals surface area (Å²) in [6.07, 6.45) is 0.560. The van der Waals surface area contributed by atoms with Gasteiger partial charge in [0.05, 0.1) is 22.0 Å². The summed E-state index contributed by atoms with van der Waals surface area (Å²) in [6.45, 7) is 0.665. The maximum Gasteiger partial charge on any atom is 0.266 e. The Morgan fingerprint density at radius 1 is 1.31 bits per heavy atom. The van der Waals surface area contributed by atoms with E-state index >= 15 is 0 Å². The zero-order valence-electron chi connectivity index (χ0n) is 13.9. The van der Waals surface area contributed by atoms with Crippen molar-refractivity contribution in [2.24, 2.45) is 7.05 Å². The molecule has 2 aliphatic rings. The van der Waals surface area contributed by atoms with E-state index in [2.05, 4.69) is 10.4 Å². The highest BCUT2D eigenvalue weighted by molar-refractivity contribution is 6.34. The molecule has 4 rings (SSSR count). The third-order valence-corrected chi connectivity index (χ3v) is 4.77. The van der Waals surface area contributed by atoms with Gasteiger partial charge in [0.25, 0.3) is 17.4 Å². The number of halogens is 1. The molecule has 0 fully saturated rings. The molecule has 0 radical (unpaired) electrons. The summed E-state index contributed by atoms with van der Waals surface area (Å²) in [5.74, 6) is -0.121. The first-order valence-corrected chi connectivity index (χ1v) is 8.42. The van der Waals surface area contributed by atoms with Gasteiger partial charge in [-0.2, -0.15) is 5.10 Å². The Balaban J connectivity index is 1.63. The fraction of sp³-hybridized carbons (Fsp3) is 0.294. The van der Waals surface area contributed by atoms with E-state index in [0.717, 1.165) is 11.3 Å². The molecule has 3 heterocycles. The van der Waals surface area contributed by atoms with Crippen molar-refractivity contribution >= 4 is 29.1 Å². The summed E-state index contributed by atoms with van der Waals surface area (Å²) in [7, 11) is 1.60. The van der Waals surface area contributed by atoms with Gasteiger partial charge in [-0.25, -0.2) is 4.68 Å². The van der Waals surface area contributed by atoms with Crippen molar-refractivity contribution < 1.29 is 14.3 Å². The summed E-state index contributed by atoms with van der Waals surface area (Å²) in [5.41, 5.74) is 2.08. The van der Waals surface area contributed by atoms with Gasteiger partial charge in [0.15, 0.2) is 6.61 Å². The zero-order chi connectivity index (χ0) is 18.4. The van der Waals surface area contributed by atoms with Gasteiger partial charge in [-0.3, -0.25) is 14.4 Å². The molecule has 9 heteroatoms. The molecular weight excluding hydrogens is 360 g/mol. The van der Waals surface area contributed by atoms with E-state index in [-0.39, 0.29) is 29.0 Å². The fourth-order valence-corrected chi connectivity index (χ4v) is 3.35. The Morgan fingerprint density at radius 3 is 2.92 bits per heavy atom. The molecule has 1 aromatic carbocycles. The minimum absolute atomic E-state index is 0.103. The fourth-order valence-electron chi connectivity index (χ4n) is 3.10. The number of rotatable bonds is 1. The normalized spacial score (nSPS) is 15.6. The number of anilines is 1. The van der Waals surface area contributed by atoms with Gasteiger partial charge in [-0.15, -0.1) is 0 Å². The number of hydrogen-bond acceptors (Lipinski definition) is 5. The lowest BCUT2D eigenvalue weighted by Gasteiger charge is -2.29. The summed E-state index contributed by atoms with van der Waals surface area (Å²) >= 11 is 6.25. The number of amides is 2. The average molecular weight is 375 g/mol. The van der Waals surface area contributed by atoms with Crippen LogP contribution in [0, 0.1) is 0 Å². The van der Waals surface area contributed by atoms with Crippen molar-refractivity contribution in [2.75, 3.05) is 18.5 Å². The first-order valence-electron chi connectivity index (χ1n) is 8.04. The second kappa shape index (κ2) is 6.14. The summed E-state index contributed by atoms with van der Waals surface area (Å²) in [5, 5.41) is 7.12. The average Bonchev–Trinajstić information content (AvgIpc) is 2.61. The maximum atomic E-state index is 12.9. The molecule has 1 N–H and O–H groups in total. The van der Waals surface area contributed by atoms with Crippen LogP contribution in [0.1, 0.15) is 21.6 Å². The number of nitrogens with zero attached hydrogens (tertiary/aromatic N) is 3. The Bertz CT molecular complexity index is 1000. The number of carbonyl (C=O) groups excluding carboxylic acids is 2. The Morgan fingerprint density at radius 2 is 2.12 bits per heavy atom. The van der Waals surface area contributed by atoms with Crippen LogP contribution < -0.4 is 15.6 Å². The molecule has 2 amide bonds. The van der Waals surface area contributed by atoms with Gasteiger partial charge >= 0.3 is 0 Å². The molecule has 0 saturated heterocycles. The van der Waals surface area contributed by atoms with E-state index in [1.165, 1.54) is 22.9 Å². The number of benzene rings is 1. The number of hydrogen-bond donors (Lipinski definition) is 1. The molecule has 2 aliphatic heterocycles. The molecule has 1 aromatic heterocycles. The Hall–Kier alpha value is -2.87. The second-order valence-electron chi connectivity index (χ2n) is 6.22. The van der Waals surface area contributed by atoms with E-state index in [1.54, 1.807) is 11.9 Å². The number of aromatic nitrogens is 2. The summed E-state index contributed by atoms with van der Waals surface area (Å²) in [6, 6.07) is 4.56. The lowest BCUT2D eigenvalue weighted by molar-refractivity contribution is -0.118. The molecule has 0 saturated carbocycles. The third-order valence-electron chi connectivity index (χ3n) is 4.46. The Kier molecular flexibility index (Phi) is 3.91. The van der Waals surface area contributed by atoms with E-state index < -0.39 is 0 Å². The van der Waals surface area contributed by atoms with Crippen molar-refractivity contribution in [3.8, 4) is 5.75 Å². The molecule has 0 atom stereocenters. The summed E-state index contributed by atoms with van der Waals surface area (Å²) < 4.78 is 6.65. The van der Waals surface area contributed by atoms with Crippen LogP contribution in [0.25, 0.3) is 0 Å². The van der Waals surface area contributed by atoms with Crippen LogP contribution in [-0.2, 0) is 24.8 Å². The smallest absolute Gasteiger partial charge is 0.266 e. The minimum atomic E-state index is -0.269. The first kappa shape index (κ1) is 16.6. The number of fused-ring (bicyclic) bond motifs is 2. The number of ether oxygens (including phenoxy) is 1. The van der Waals surface area contributed by atoms with Crippen LogP contribution in [-0.4, -0.2) is 39.6 Å². The van der Waals surface area contributed by atoms with Gasteiger partial charge < -0.3 is 15.0 Å². The SMILES string of the molecule is Cn1nc2c(cc1=O)CN(C(=O)c1cc3c(cc1Cl)NC(=O)CO3)CC2. The molecule has 2 aromatic rings. The van der Waals surface area contributed by atoms with Gasteiger partial charge in [0.1, 0.15) is 5.75 Å². The van der Waals surface area contributed by atoms with Crippen LogP contribution in [0.4, 0.5) is 5.69 Å². The van der Waals surface area contributed by atoms with E-state index in [4.69, 9.17) is 16.3 Å². The molecule has 0 unspecified atom stereocenters. The van der Waals surface area contributed by atoms with Crippen molar-refractivity contribution in [2.45, 2.75) is 13.0 Å². The highest BCUT2D eigenvalue weighted by Gasteiger charge is 2.27. The largest absolute Gasteiger partial charge is 0.482 e. The van der Waals surface area contributed by atoms with E-state index in [0.29, 0.717) is 36.5 Å². The maximum absolute atomic E-state index is 12.9. The highest BCUT2D eigenvalue weighted by Crippen LogP contribution is 2.34. The van der Waals surface area contributed by atoms with Crippen LogP contribution in [0.2, 0.25) is 5.02 Å². The van der Waals surface area contributed by atoms with Crippen LogP contribution in [0.5, 0.6) is 5.75 Å². The standard InChI is InChI=1S/C17H15ClN4O4/c1-21-16(24)4-9-7-22(3-2-12(9)20-21)17(25)10-5-14-13(6-11(10)18)19-15(23)8-26-14/h4-6H,2-3,7-8H2,1H3,(H,19,23). The van der Waals surface area contributed by atoms with Crippen molar-refractivity contribution in [1.82, 2.24) is 14.7 Å². The number of nitrogens with one attached hydrogen (secondary N) is 1. The van der Waals surface area contributed by atoms with Gasteiger partial charge in [-0.1, -0.05) is 11.6 Å². The third kappa shape index (κ3) is 2.82. The van der Waals surface area contributed by atoms with Crippen LogP contribution >= 0.6 is 11.6 Å². The Labute approximate surface area is 153 Å². The molecular formula is C17H15ClN4O4. The van der Waals surface area contributed by atoms with Gasteiger partial charge in [-0.05, 0) is 12.1 Å². The van der Waals surface area contributed by atoms with Crippen molar-refractivity contribution in [3.63, 3.8) is 0 Å². The van der Waals surface area contributed by atoms with Crippen molar-refractivity contribution in [3.05, 3.63) is 50.4 Å². The number of aryl methyl sites for hydroxylation is 1. The van der Waals surface area contributed by atoms with Crippen LogP contribution in [0.15, 0.2) is 23.0 Å². The first-order chi connectivity index (χ1) is 12.4. The van der Waals surface area contributed by atoms with Crippen LogP contribution in [0.3, 0.4) is 0 Å². The van der Waals surface area contributed by atoms with Crippen molar-refractivity contribution in [1.29, 1.82) is 0 Å². The minimum Gasteiger partial charge on any atom is -0.482 e. The molecule has 0 spiro atoms. The van der Waals surface area contributed by atoms with E-state index in [1.807, 2.05) is 0 Å². The highest BCUT2D eigenvalue weighted by atomic mass is 35.5. The predicted molar refractivity (Wildman–Crippen MR) is 93.5 cm³/mol. The molecule has 8 nitrogen and oxygen atoms in total. The number of carbonyl (C=O) groups is 2. The molecule has 0 aliphatic carbocycles. The second-order valence-corrected chi connectivity index (χ2v) is 6.63. The molecule has 0 bridgehead atoms.